The fourth-order valence-corrected chi connectivity index (χ4v) is 2.37. The van der Waals surface area contributed by atoms with Gasteiger partial charge in [0, 0.05) is 5.56 Å². The molecule has 0 saturated carbocycles. The van der Waals surface area contributed by atoms with Gasteiger partial charge in [0.1, 0.15) is 0 Å². The molecule has 1 aromatic carbocycles. The molecule has 0 unspecified atom stereocenters. The number of rotatable bonds is 1. The normalized spacial score (nSPS) is 19.7. The molecule has 0 bridgehead atoms. The molecular weight excluding hydrogens is 188 g/mol. The molecule has 0 radical (unpaired) electrons. The maximum absolute atomic E-state index is 9.82. The molecule has 0 spiro atoms. The van der Waals surface area contributed by atoms with E-state index in [2.05, 4.69) is 17.1 Å². The number of aromatic nitrogens is 2. The highest BCUT2D eigenvalue weighted by molar-refractivity contribution is 5.69. The second-order valence-corrected chi connectivity index (χ2v) is 3.96. The molecule has 0 aliphatic carbocycles. The topological polar surface area (TPSA) is 38.1 Å². The summed E-state index contributed by atoms with van der Waals surface area (Å²) in [6.45, 7) is 1.82. The fourth-order valence-electron chi connectivity index (χ4n) is 2.37. The van der Waals surface area contributed by atoms with Gasteiger partial charge in [0.25, 0.3) is 0 Å². The molecule has 1 aliphatic heterocycles. The first-order valence-electron chi connectivity index (χ1n) is 5.08. The van der Waals surface area contributed by atoms with Crippen LogP contribution in [0.2, 0.25) is 0 Å². The van der Waals surface area contributed by atoms with Gasteiger partial charge in [0.2, 0.25) is 0 Å². The molecule has 15 heavy (non-hydrogen) atoms. The van der Waals surface area contributed by atoms with Gasteiger partial charge in [-0.25, -0.2) is 4.98 Å². The molecule has 0 saturated heterocycles. The van der Waals surface area contributed by atoms with Crippen molar-refractivity contribution in [3.05, 3.63) is 42.4 Å². The van der Waals surface area contributed by atoms with E-state index in [9.17, 15) is 5.11 Å². The predicted molar refractivity (Wildman–Crippen MR) is 57.5 cm³/mol. The van der Waals surface area contributed by atoms with Crippen LogP contribution in [-0.2, 0) is 0 Å². The minimum Gasteiger partial charge on any atom is -0.391 e. The van der Waals surface area contributed by atoms with Gasteiger partial charge in [-0.2, -0.15) is 0 Å². The van der Waals surface area contributed by atoms with Crippen LogP contribution in [0.15, 0.2) is 36.8 Å². The highest BCUT2D eigenvalue weighted by atomic mass is 16.3. The number of imidazole rings is 1. The summed E-state index contributed by atoms with van der Waals surface area (Å²) in [5.41, 5.74) is 3.46. The van der Waals surface area contributed by atoms with Crippen LogP contribution in [0, 0.1) is 0 Å². The Labute approximate surface area is 88.0 Å². The van der Waals surface area contributed by atoms with E-state index in [4.69, 9.17) is 0 Å². The number of nitrogens with zero attached hydrogens (tertiary/aromatic N) is 2. The van der Waals surface area contributed by atoms with Crippen LogP contribution in [0.4, 0.5) is 0 Å². The van der Waals surface area contributed by atoms with Crippen molar-refractivity contribution in [3.63, 3.8) is 0 Å². The standard InChI is InChI=1S/C12H12N2O/c1-8(15)12-10-5-3-2-4-9(10)11-6-13-7-14(11)12/h2-8,12,15H,1H3/t8-,12-/m0/s1. The third-order valence-electron chi connectivity index (χ3n) is 2.98. The van der Waals surface area contributed by atoms with Crippen LogP contribution in [-0.4, -0.2) is 20.8 Å². The SMILES string of the molecule is C[C@H](O)[C@H]1c2ccccc2-c2cncn21. The van der Waals surface area contributed by atoms with Crippen LogP contribution >= 0.6 is 0 Å². The summed E-state index contributed by atoms with van der Waals surface area (Å²) < 4.78 is 2.04. The first kappa shape index (κ1) is 8.68. The zero-order valence-electron chi connectivity index (χ0n) is 8.46. The number of hydrogen-bond donors (Lipinski definition) is 1. The highest BCUT2D eigenvalue weighted by Crippen LogP contribution is 2.40. The average molecular weight is 200 g/mol. The Morgan fingerprint density at radius 2 is 2.20 bits per heavy atom. The molecule has 0 fully saturated rings. The number of benzene rings is 1. The van der Waals surface area contributed by atoms with Crippen molar-refractivity contribution in [3.8, 4) is 11.3 Å². The maximum atomic E-state index is 9.82. The predicted octanol–water partition coefficient (Wildman–Crippen LogP) is 1.83. The Kier molecular flexibility index (Phi) is 1.70. The second-order valence-electron chi connectivity index (χ2n) is 3.96. The first-order valence-corrected chi connectivity index (χ1v) is 5.08. The van der Waals surface area contributed by atoms with Gasteiger partial charge >= 0.3 is 0 Å². The molecule has 0 amide bonds. The van der Waals surface area contributed by atoms with Crippen molar-refractivity contribution in [1.29, 1.82) is 0 Å². The zero-order chi connectivity index (χ0) is 10.4. The molecule has 1 N–H and O–H groups in total. The van der Waals surface area contributed by atoms with Gasteiger partial charge in [-0.1, -0.05) is 24.3 Å². The van der Waals surface area contributed by atoms with Crippen LogP contribution in [0.1, 0.15) is 18.5 Å². The van der Waals surface area contributed by atoms with Crippen LogP contribution < -0.4 is 0 Å². The fraction of sp³-hybridized carbons (Fsp3) is 0.250. The first-order chi connectivity index (χ1) is 7.29. The van der Waals surface area contributed by atoms with Crippen molar-refractivity contribution in [2.24, 2.45) is 0 Å². The van der Waals surface area contributed by atoms with Crippen molar-refractivity contribution >= 4 is 0 Å². The molecule has 2 heterocycles. The molecule has 3 rings (SSSR count). The summed E-state index contributed by atoms with van der Waals surface area (Å²) in [5.74, 6) is 0. The minimum absolute atomic E-state index is 0.0127. The third-order valence-corrected chi connectivity index (χ3v) is 2.98. The minimum atomic E-state index is -0.401. The summed E-state index contributed by atoms with van der Waals surface area (Å²) in [7, 11) is 0. The summed E-state index contributed by atoms with van der Waals surface area (Å²) in [4.78, 5) is 4.13. The van der Waals surface area contributed by atoms with Crippen molar-refractivity contribution in [2.75, 3.05) is 0 Å². The summed E-state index contributed by atoms with van der Waals surface area (Å²) in [6.07, 6.45) is 3.23. The zero-order valence-corrected chi connectivity index (χ0v) is 8.46. The monoisotopic (exact) mass is 200 g/mol. The van der Waals surface area contributed by atoms with Crippen molar-refractivity contribution in [1.82, 2.24) is 9.55 Å². The Balaban J connectivity index is 2.28. The second kappa shape index (κ2) is 2.94. The van der Waals surface area contributed by atoms with Crippen LogP contribution in [0.25, 0.3) is 11.3 Å². The quantitative estimate of drug-likeness (QED) is 0.762. The lowest BCUT2D eigenvalue weighted by molar-refractivity contribution is 0.152. The van der Waals surface area contributed by atoms with E-state index >= 15 is 0 Å². The van der Waals surface area contributed by atoms with E-state index in [0.717, 1.165) is 5.69 Å². The highest BCUT2D eigenvalue weighted by Gasteiger charge is 2.30. The van der Waals surface area contributed by atoms with Crippen LogP contribution in [0.3, 0.4) is 0 Å². The number of aliphatic hydroxyl groups excluding tert-OH is 1. The Bertz CT molecular complexity index is 502. The Morgan fingerprint density at radius 3 is 3.00 bits per heavy atom. The molecule has 1 aliphatic rings. The Morgan fingerprint density at radius 1 is 1.40 bits per heavy atom. The number of fused-ring (bicyclic) bond motifs is 3. The van der Waals surface area contributed by atoms with E-state index in [0.29, 0.717) is 0 Å². The van der Waals surface area contributed by atoms with Gasteiger partial charge in [-0.15, -0.1) is 0 Å². The van der Waals surface area contributed by atoms with E-state index < -0.39 is 6.10 Å². The molecule has 3 heteroatoms. The smallest absolute Gasteiger partial charge is 0.0957 e. The third kappa shape index (κ3) is 1.07. The lowest BCUT2D eigenvalue weighted by Gasteiger charge is -2.17. The average Bonchev–Trinajstić information content (AvgIpc) is 2.75. The van der Waals surface area contributed by atoms with E-state index in [1.54, 1.807) is 6.33 Å². The molecule has 76 valence electrons. The Hall–Kier alpha value is -1.61. The van der Waals surface area contributed by atoms with Gasteiger partial charge in [0.15, 0.2) is 0 Å². The molecule has 1 aromatic heterocycles. The van der Waals surface area contributed by atoms with E-state index in [-0.39, 0.29) is 6.04 Å². The van der Waals surface area contributed by atoms with Gasteiger partial charge < -0.3 is 9.67 Å². The summed E-state index contributed by atoms with van der Waals surface area (Å²) >= 11 is 0. The van der Waals surface area contributed by atoms with Crippen molar-refractivity contribution in [2.45, 2.75) is 19.1 Å². The van der Waals surface area contributed by atoms with Gasteiger partial charge in [0.05, 0.1) is 30.4 Å². The maximum Gasteiger partial charge on any atom is 0.0957 e. The largest absolute Gasteiger partial charge is 0.391 e. The number of hydrogen-bond acceptors (Lipinski definition) is 2. The summed E-state index contributed by atoms with van der Waals surface area (Å²) in [6, 6.07) is 8.18. The molecule has 3 nitrogen and oxygen atoms in total. The van der Waals surface area contributed by atoms with Gasteiger partial charge in [-0.05, 0) is 12.5 Å². The molecule has 2 atom stereocenters. The van der Waals surface area contributed by atoms with Crippen LogP contribution in [0.5, 0.6) is 0 Å². The van der Waals surface area contributed by atoms with E-state index in [1.165, 1.54) is 11.1 Å². The van der Waals surface area contributed by atoms with E-state index in [1.807, 2.05) is 29.8 Å². The molecular formula is C12H12N2O. The summed E-state index contributed by atoms with van der Waals surface area (Å²) in [5, 5.41) is 9.82. The van der Waals surface area contributed by atoms with Crippen molar-refractivity contribution < 1.29 is 5.11 Å². The van der Waals surface area contributed by atoms with Gasteiger partial charge in [-0.3, -0.25) is 0 Å². The lowest BCUT2D eigenvalue weighted by atomic mass is 10.0. The lowest BCUT2D eigenvalue weighted by Crippen LogP contribution is -2.18. The number of aliphatic hydroxyl groups is 1. The molecule has 2 aromatic rings.